The molecule has 17 heavy (non-hydrogen) atoms. The van der Waals surface area contributed by atoms with Gasteiger partial charge in [0.2, 0.25) is 0 Å². The predicted molar refractivity (Wildman–Crippen MR) is 63.8 cm³/mol. The van der Waals surface area contributed by atoms with Crippen molar-refractivity contribution < 1.29 is 4.79 Å². The van der Waals surface area contributed by atoms with Crippen molar-refractivity contribution in [2.45, 2.75) is 19.4 Å². The highest BCUT2D eigenvalue weighted by molar-refractivity contribution is 7.09. The molecule has 0 aliphatic heterocycles. The molecule has 0 bridgehead atoms. The molecule has 6 nitrogen and oxygen atoms in total. The second-order valence-electron chi connectivity index (χ2n) is 3.84. The Kier molecular flexibility index (Phi) is 3.30. The van der Waals surface area contributed by atoms with E-state index in [0.717, 1.165) is 5.01 Å². The summed E-state index contributed by atoms with van der Waals surface area (Å²) in [6, 6.07) is -0.141. The zero-order valence-electron chi connectivity index (χ0n) is 9.62. The van der Waals surface area contributed by atoms with Gasteiger partial charge >= 0.3 is 0 Å². The first-order chi connectivity index (χ1) is 8.06. The third-order valence-electron chi connectivity index (χ3n) is 2.19. The van der Waals surface area contributed by atoms with Gasteiger partial charge in [0, 0.05) is 18.6 Å². The molecule has 2 heterocycles. The van der Waals surface area contributed by atoms with Crippen molar-refractivity contribution in [2.24, 2.45) is 12.8 Å². The molecule has 0 aromatic carbocycles. The van der Waals surface area contributed by atoms with Crippen LogP contribution in [0.3, 0.4) is 0 Å². The first kappa shape index (κ1) is 11.9. The summed E-state index contributed by atoms with van der Waals surface area (Å²) in [5, 5.41) is 10.1. The number of hydrogen-bond acceptors (Lipinski definition) is 6. The summed E-state index contributed by atoms with van der Waals surface area (Å²) in [5.41, 5.74) is 6.79. The lowest BCUT2D eigenvalue weighted by Crippen LogP contribution is -2.07. The Morgan fingerprint density at radius 2 is 2.41 bits per heavy atom. The SMILES string of the molecule is CC(N)c1nc(C(=O)Cc2cn(C)nn2)cs1. The molecule has 2 N–H and O–H groups in total. The average Bonchev–Trinajstić information content (AvgIpc) is 2.86. The Labute approximate surface area is 102 Å². The molecule has 0 fully saturated rings. The number of thiazole rings is 1. The fourth-order valence-electron chi connectivity index (χ4n) is 1.36. The standard InChI is InChI=1S/C10H13N5OS/c1-6(11)10-12-8(5-17-10)9(16)3-7-4-15(2)14-13-7/h4-6H,3,11H2,1-2H3. The smallest absolute Gasteiger partial charge is 0.188 e. The maximum absolute atomic E-state index is 11.9. The van der Waals surface area contributed by atoms with E-state index in [4.69, 9.17) is 5.73 Å². The van der Waals surface area contributed by atoms with Crippen LogP contribution in [0.25, 0.3) is 0 Å². The minimum absolute atomic E-state index is 0.0614. The molecule has 1 unspecified atom stereocenters. The second kappa shape index (κ2) is 4.72. The molecule has 0 saturated heterocycles. The van der Waals surface area contributed by atoms with Gasteiger partial charge in [0.05, 0.1) is 18.2 Å². The molecule has 0 aliphatic carbocycles. The number of aryl methyl sites for hydroxylation is 1. The molecule has 0 radical (unpaired) electrons. The van der Waals surface area contributed by atoms with Crippen LogP contribution in [-0.2, 0) is 13.5 Å². The zero-order valence-corrected chi connectivity index (χ0v) is 10.4. The normalized spacial score (nSPS) is 12.6. The van der Waals surface area contributed by atoms with Gasteiger partial charge in [-0.25, -0.2) is 4.98 Å². The van der Waals surface area contributed by atoms with Crippen LogP contribution in [0.4, 0.5) is 0 Å². The first-order valence-electron chi connectivity index (χ1n) is 5.15. The van der Waals surface area contributed by atoms with E-state index in [-0.39, 0.29) is 18.2 Å². The van der Waals surface area contributed by atoms with Crippen LogP contribution in [0.5, 0.6) is 0 Å². The number of nitrogens with zero attached hydrogens (tertiary/aromatic N) is 4. The Morgan fingerprint density at radius 1 is 1.65 bits per heavy atom. The molecule has 0 aliphatic rings. The fourth-order valence-corrected chi connectivity index (χ4v) is 2.14. The third-order valence-corrected chi connectivity index (χ3v) is 3.23. The number of hydrogen-bond donors (Lipinski definition) is 1. The summed E-state index contributed by atoms with van der Waals surface area (Å²) in [6.07, 6.45) is 1.94. The molecule has 1 atom stereocenters. The van der Waals surface area contributed by atoms with Crippen molar-refractivity contribution in [1.82, 2.24) is 20.0 Å². The minimum atomic E-state index is -0.141. The van der Waals surface area contributed by atoms with Gasteiger partial charge in [-0.3, -0.25) is 9.48 Å². The molecule has 90 valence electrons. The van der Waals surface area contributed by atoms with Gasteiger partial charge in [-0.2, -0.15) is 0 Å². The van der Waals surface area contributed by atoms with Crippen molar-refractivity contribution in [1.29, 1.82) is 0 Å². The van der Waals surface area contributed by atoms with E-state index < -0.39 is 0 Å². The van der Waals surface area contributed by atoms with Gasteiger partial charge in [-0.1, -0.05) is 5.21 Å². The average molecular weight is 251 g/mol. The van der Waals surface area contributed by atoms with E-state index in [2.05, 4.69) is 15.3 Å². The number of rotatable bonds is 4. The van der Waals surface area contributed by atoms with E-state index in [1.165, 1.54) is 11.3 Å². The largest absolute Gasteiger partial charge is 0.322 e. The van der Waals surface area contributed by atoms with E-state index >= 15 is 0 Å². The van der Waals surface area contributed by atoms with Gasteiger partial charge < -0.3 is 5.73 Å². The quantitative estimate of drug-likeness (QED) is 0.809. The van der Waals surface area contributed by atoms with Gasteiger partial charge in [-0.05, 0) is 6.92 Å². The summed E-state index contributed by atoms with van der Waals surface area (Å²) in [7, 11) is 1.76. The van der Waals surface area contributed by atoms with Crippen molar-refractivity contribution >= 4 is 17.1 Å². The van der Waals surface area contributed by atoms with E-state index in [1.54, 1.807) is 23.3 Å². The molecule has 0 spiro atoms. The van der Waals surface area contributed by atoms with E-state index in [0.29, 0.717) is 11.4 Å². The Balaban J connectivity index is 2.09. The van der Waals surface area contributed by atoms with E-state index in [9.17, 15) is 4.79 Å². The van der Waals surface area contributed by atoms with Crippen molar-refractivity contribution in [3.8, 4) is 0 Å². The van der Waals surface area contributed by atoms with Crippen LogP contribution in [-0.4, -0.2) is 25.8 Å². The highest BCUT2D eigenvalue weighted by Crippen LogP contribution is 2.16. The molecular weight excluding hydrogens is 238 g/mol. The lowest BCUT2D eigenvalue weighted by Gasteiger charge is -1.97. The number of aromatic nitrogens is 4. The van der Waals surface area contributed by atoms with Crippen LogP contribution in [0.1, 0.15) is 34.2 Å². The summed E-state index contributed by atoms with van der Waals surface area (Å²) in [4.78, 5) is 16.1. The third kappa shape index (κ3) is 2.75. The lowest BCUT2D eigenvalue weighted by molar-refractivity contribution is 0.0987. The van der Waals surface area contributed by atoms with Crippen molar-refractivity contribution in [3.63, 3.8) is 0 Å². The molecule has 2 aromatic heterocycles. The molecule has 0 amide bonds. The Hall–Kier alpha value is -1.60. The summed E-state index contributed by atoms with van der Waals surface area (Å²) < 4.78 is 1.57. The highest BCUT2D eigenvalue weighted by atomic mass is 32.1. The van der Waals surface area contributed by atoms with Crippen LogP contribution in [0.15, 0.2) is 11.6 Å². The van der Waals surface area contributed by atoms with Crippen LogP contribution in [0, 0.1) is 0 Å². The predicted octanol–water partition coefficient (Wildman–Crippen LogP) is 0.717. The molecule has 7 heteroatoms. The topological polar surface area (TPSA) is 86.7 Å². The molecule has 0 saturated carbocycles. The van der Waals surface area contributed by atoms with Crippen LogP contribution >= 0.6 is 11.3 Å². The molecular formula is C10H13N5OS. The second-order valence-corrected chi connectivity index (χ2v) is 4.73. The number of carbonyl (C=O) groups excluding carboxylic acids is 1. The number of ketones is 1. The lowest BCUT2D eigenvalue weighted by atomic mass is 10.2. The Bertz CT molecular complexity index is 530. The summed E-state index contributed by atoms with van der Waals surface area (Å²) in [6.45, 7) is 1.84. The maximum Gasteiger partial charge on any atom is 0.188 e. The highest BCUT2D eigenvalue weighted by Gasteiger charge is 2.14. The van der Waals surface area contributed by atoms with Crippen molar-refractivity contribution in [2.75, 3.05) is 0 Å². The molecule has 2 rings (SSSR count). The number of nitrogens with two attached hydrogens (primary N) is 1. The van der Waals surface area contributed by atoms with Gasteiger partial charge in [-0.15, -0.1) is 16.4 Å². The van der Waals surface area contributed by atoms with Crippen LogP contribution < -0.4 is 5.73 Å². The van der Waals surface area contributed by atoms with Gasteiger partial charge in [0.25, 0.3) is 0 Å². The minimum Gasteiger partial charge on any atom is -0.322 e. The maximum atomic E-state index is 11.9. The van der Waals surface area contributed by atoms with Crippen molar-refractivity contribution in [3.05, 3.63) is 28.0 Å². The monoisotopic (exact) mass is 251 g/mol. The summed E-state index contributed by atoms with van der Waals surface area (Å²) in [5.74, 6) is -0.0614. The summed E-state index contributed by atoms with van der Waals surface area (Å²) >= 11 is 1.40. The number of carbonyl (C=O) groups is 1. The zero-order chi connectivity index (χ0) is 12.4. The van der Waals surface area contributed by atoms with E-state index in [1.807, 2.05) is 6.92 Å². The Morgan fingerprint density at radius 3 is 2.94 bits per heavy atom. The first-order valence-corrected chi connectivity index (χ1v) is 6.03. The van der Waals surface area contributed by atoms with Gasteiger partial charge in [0.15, 0.2) is 5.78 Å². The number of Topliss-reactive ketones (excluding diaryl/α,β-unsaturated/α-hetero) is 1. The fraction of sp³-hybridized carbons (Fsp3) is 0.400. The molecule has 2 aromatic rings. The van der Waals surface area contributed by atoms with Crippen LogP contribution in [0.2, 0.25) is 0 Å². The van der Waals surface area contributed by atoms with Gasteiger partial charge in [0.1, 0.15) is 10.7 Å².